The summed E-state index contributed by atoms with van der Waals surface area (Å²) in [5.41, 5.74) is 8.77. The van der Waals surface area contributed by atoms with Crippen LogP contribution in [0.5, 0.6) is 0 Å². The molecule has 1 aromatic rings. The fourth-order valence-electron chi connectivity index (χ4n) is 3.60. The van der Waals surface area contributed by atoms with Crippen LogP contribution in [0, 0.1) is 20.8 Å². The van der Waals surface area contributed by atoms with Crippen molar-refractivity contribution in [3.8, 4) is 0 Å². The number of rotatable bonds is 4. The molecule has 0 spiro atoms. The lowest BCUT2D eigenvalue weighted by molar-refractivity contribution is -0.126. The van der Waals surface area contributed by atoms with Crippen molar-refractivity contribution in [2.75, 3.05) is 0 Å². The Morgan fingerprint density at radius 3 is 2.57 bits per heavy atom. The summed E-state index contributed by atoms with van der Waals surface area (Å²) in [4.78, 5) is 12.1. The summed E-state index contributed by atoms with van der Waals surface area (Å²) < 4.78 is 2.12. The molecule has 2 fully saturated rings. The third-order valence-electron chi connectivity index (χ3n) is 5.29. The molecule has 1 aromatic heterocycles. The van der Waals surface area contributed by atoms with E-state index in [9.17, 15) is 4.79 Å². The van der Waals surface area contributed by atoms with E-state index in [0.717, 1.165) is 31.4 Å². The zero-order valence-electron chi connectivity index (χ0n) is 13.3. The van der Waals surface area contributed by atoms with Crippen molar-refractivity contribution in [2.45, 2.75) is 76.9 Å². The molecule has 3 N–H and O–H groups in total. The van der Waals surface area contributed by atoms with Crippen LogP contribution in [-0.4, -0.2) is 27.3 Å². The third-order valence-corrected chi connectivity index (χ3v) is 5.29. The van der Waals surface area contributed by atoms with E-state index in [1.807, 2.05) is 6.92 Å². The number of aromatic nitrogens is 2. The van der Waals surface area contributed by atoms with E-state index in [0.29, 0.717) is 6.04 Å². The fraction of sp³-hybridized carbons (Fsp3) is 0.750. The smallest absolute Gasteiger partial charge is 0.237 e. The maximum absolute atomic E-state index is 12.1. The lowest BCUT2D eigenvalue weighted by Gasteiger charge is -2.40. The van der Waals surface area contributed by atoms with Gasteiger partial charge in [-0.15, -0.1) is 0 Å². The van der Waals surface area contributed by atoms with Gasteiger partial charge in [-0.05, 0) is 64.9 Å². The number of amides is 1. The summed E-state index contributed by atoms with van der Waals surface area (Å²) in [6.45, 7) is 6.27. The highest BCUT2D eigenvalue weighted by Crippen LogP contribution is 2.38. The van der Waals surface area contributed by atoms with E-state index < -0.39 is 5.54 Å². The Morgan fingerprint density at radius 1 is 1.33 bits per heavy atom. The highest BCUT2D eigenvalue weighted by Gasteiger charge is 2.45. The Kier molecular flexibility index (Phi) is 3.56. The van der Waals surface area contributed by atoms with Gasteiger partial charge in [0.2, 0.25) is 5.91 Å². The predicted molar refractivity (Wildman–Crippen MR) is 82.0 cm³/mol. The van der Waals surface area contributed by atoms with Gasteiger partial charge in [-0.2, -0.15) is 5.10 Å². The van der Waals surface area contributed by atoms with E-state index in [1.54, 1.807) is 0 Å². The molecule has 5 heteroatoms. The maximum atomic E-state index is 12.1. The first-order chi connectivity index (χ1) is 9.93. The van der Waals surface area contributed by atoms with Crippen molar-refractivity contribution < 1.29 is 4.79 Å². The first-order valence-corrected chi connectivity index (χ1v) is 8.03. The molecular formula is C16H26N4O. The van der Waals surface area contributed by atoms with Gasteiger partial charge in [-0.3, -0.25) is 9.48 Å². The molecule has 0 bridgehead atoms. The van der Waals surface area contributed by atoms with Crippen LogP contribution in [0.4, 0.5) is 0 Å². The molecule has 2 saturated carbocycles. The van der Waals surface area contributed by atoms with Crippen molar-refractivity contribution in [2.24, 2.45) is 5.73 Å². The zero-order chi connectivity index (χ0) is 15.2. The third kappa shape index (κ3) is 2.59. The number of hydrogen-bond donors (Lipinski definition) is 2. The minimum absolute atomic E-state index is 0.197. The average Bonchev–Trinajstić information content (AvgIpc) is 3.22. The highest BCUT2D eigenvalue weighted by atomic mass is 16.1. The number of hydrogen-bond acceptors (Lipinski definition) is 3. The van der Waals surface area contributed by atoms with Crippen molar-refractivity contribution in [1.29, 1.82) is 0 Å². The van der Waals surface area contributed by atoms with Crippen LogP contribution in [-0.2, 0) is 4.79 Å². The minimum Gasteiger partial charge on any atom is -0.368 e. The Morgan fingerprint density at radius 2 is 2.05 bits per heavy atom. The second-order valence-corrected chi connectivity index (χ2v) is 6.86. The summed E-state index contributed by atoms with van der Waals surface area (Å²) in [5.74, 6) is -0.197. The van der Waals surface area contributed by atoms with Crippen LogP contribution in [0.25, 0.3) is 0 Å². The van der Waals surface area contributed by atoms with Gasteiger partial charge in [0.15, 0.2) is 0 Å². The van der Waals surface area contributed by atoms with Crippen molar-refractivity contribution in [3.63, 3.8) is 0 Å². The molecule has 1 heterocycles. The summed E-state index contributed by atoms with van der Waals surface area (Å²) in [5, 5.41) is 8.22. The normalized spacial score (nSPS) is 29.6. The summed E-state index contributed by atoms with van der Waals surface area (Å²) in [7, 11) is 0. The molecule has 2 atom stereocenters. The molecular weight excluding hydrogens is 264 g/mol. The lowest BCUT2D eigenvalue weighted by atomic mass is 9.78. The lowest BCUT2D eigenvalue weighted by Crippen LogP contribution is -2.58. The zero-order valence-corrected chi connectivity index (χ0v) is 13.3. The van der Waals surface area contributed by atoms with E-state index >= 15 is 0 Å². The summed E-state index contributed by atoms with van der Waals surface area (Å²) >= 11 is 0. The number of aryl methyl sites for hydroxylation is 1. The molecule has 116 valence electrons. The Hall–Kier alpha value is -1.36. The number of primary amides is 1. The topological polar surface area (TPSA) is 72.9 Å². The van der Waals surface area contributed by atoms with Gasteiger partial charge < -0.3 is 11.1 Å². The van der Waals surface area contributed by atoms with E-state index in [-0.39, 0.29) is 11.9 Å². The molecule has 0 aliphatic heterocycles. The predicted octanol–water partition coefficient (Wildman–Crippen LogP) is 1.90. The SMILES string of the molecule is Cc1nn(C2CCCC(NC3CC3)(C(N)=O)C2)c(C)c1C. The van der Waals surface area contributed by atoms with Crippen LogP contribution in [0.1, 0.15) is 61.5 Å². The van der Waals surface area contributed by atoms with Gasteiger partial charge in [-0.1, -0.05) is 0 Å². The molecule has 0 radical (unpaired) electrons. The Bertz CT molecular complexity index is 561. The second-order valence-electron chi connectivity index (χ2n) is 6.86. The molecule has 2 aliphatic rings. The largest absolute Gasteiger partial charge is 0.368 e. The van der Waals surface area contributed by atoms with Crippen LogP contribution >= 0.6 is 0 Å². The first kappa shape index (κ1) is 14.6. The maximum Gasteiger partial charge on any atom is 0.237 e. The average molecular weight is 290 g/mol. The Labute approximate surface area is 126 Å². The molecule has 0 saturated heterocycles. The second kappa shape index (κ2) is 5.13. The molecule has 1 amide bonds. The van der Waals surface area contributed by atoms with Gasteiger partial charge in [0.05, 0.1) is 17.3 Å². The van der Waals surface area contributed by atoms with Crippen molar-refractivity contribution in [3.05, 3.63) is 17.0 Å². The fourth-order valence-corrected chi connectivity index (χ4v) is 3.60. The monoisotopic (exact) mass is 290 g/mol. The molecule has 2 unspecified atom stereocenters. The van der Waals surface area contributed by atoms with Crippen molar-refractivity contribution >= 4 is 5.91 Å². The van der Waals surface area contributed by atoms with Gasteiger partial charge in [0.25, 0.3) is 0 Å². The van der Waals surface area contributed by atoms with Gasteiger partial charge in [0.1, 0.15) is 0 Å². The standard InChI is InChI=1S/C16H26N4O/c1-10-11(2)19-20(12(10)3)14-5-4-8-16(9-14,15(17)21)18-13-6-7-13/h13-14,18H,4-9H2,1-3H3,(H2,17,21). The number of nitrogens with zero attached hydrogens (tertiary/aromatic N) is 2. The first-order valence-electron chi connectivity index (χ1n) is 8.03. The van der Waals surface area contributed by atoms with Crippen LogP contribution in [0.15, 0.2) is 0 Å². The van der Waals surface area contributed by atoms with Gasteiger partial charge >= 0.3 is 0 Å². The van der Waals surface area contributed by atoms with Crippen molar-refractivity contribution in [1.82, 2.24) is 15.1 Å². The number of carbonyl (C=O) groups is 1. The number of nitrogens with one attached hydrogen (secondary N) is 1. The van der Waals surface area contributed by atoms with Crippen LogP contribution in [0.3, 0.4) is 0 Å². The number of carbonyl (C=O) groups excluding carboxylic acids is 1. The van der Waals surface area contributed by atoms with Crippen LogP contribution in [0.2, 0.25) is 0 Å². The van der Waals surface area contributed by atoms with E-state index in [1.165, 1.54) is 24.1 Å². The number of nitrogens with two attached hydrogens (primary N) is 1. The molecule has 2 aliphatic carbocycles. The van der Waals surface area contributed by atoms with Gasteiger partial charge in [0, 0.05) is 11.7 Å². The summed E-state index contributed by atoms with van der Waals surface area (Å²) in [6.07, 6.45) is 6.04. The van der Waals surface area contributed by atoms with Crippen LogP contribution < -0.4 is 11.1 Å². The van der Waals surface area contributed by atoms with E-state index in [2.05, 4.69) is 28.9 Å². The molecule has 21 heavy (non-hydrogen) atoms. The molecule has 0 aromatic carbocycles. The Balaban J connectivity index is 1.86. The highest BCUT2D eigenvalue weighted by molar-refractivity contribution is 5.85. The van der Waals surface area contributed by atoms with Gasteiger partial charge in [-0.25, -0.2) is 0 Å². The molecule has 5 nitrogen and oxygen atoms in total. The van der Waals surface area contributed by atoms with E-state index in [4.69, 9.17) is 5.73 Å². The summed E-state index contributed by atoms with van der Waals surface area (Å²) in [6, 6.07) is 0.753. The molecule has 3 rings (SSSR count). The quantitative estimate of drug-likeness (QED) is 0.889. The minimum atomic E-state index is -0.537.